The molecule has 0 fully saturated rings. The Balaban J connectivity index is 2.75. The minimum Gasteiger partial charge on any atom is -0.242 e. The highest BCUT2D eigenvalue weighted by Crippen LogP contribution is 2.12. The number of pyridine rings is 1. The summed E-state index contributed by atoms with van der Waals surface area (Å²) in [5.74, 6) is 5.60. The number of hydrogen-bond donors (Lipinski definition) is 0. The molecule has 0 aliphatic rings. The SMILES string of the molecule is N#Cc1cc(C#CCCN=[N+]=[N-])cnc1Cl. The molecule has 0 atom stereocenters. The average molecular weight is 232 g/mol. The Morgan fingerprint density at radius 1 is 1.62 bits per heavy atom. The standard InChI is InChI=1S/C10H6ClN5/c11-10-9(6-12)5-8(7-14-10)3-1-2-4-15-16-13/h5,7H,2,4H2. The first-order chi connectivity index (χ1) is 7.77. The van der Waals surface area contributed by atoms with Crippen molar-refractivity contribution >= 4 is 11.6 Å². The van der Waals surface area contributed by atoms with Gasteiger partial charge in [-0.25, -0.2) is 4.98 Å². The lowest BCUT2D eigenvalue weighted by molar-refractivity contribution is 1.01. The number of nitrogens with zero attached hydrogens (tertiary/aromatic N) is 5. The quantitative estimate of drug-likeness (QED) is 0.196. The highest BCUT2D eigenvalue weighted by molar-refractivity contribution is 6.30. The molecular weight excluding hydrogens is 226 g/mol. The molecule has 1 aromatic heterocycles. The van der Waals surface area contributed by atoms with E-state index >= 15 is 0 Å². The van der Waals surface area contributed by atoms with Crippen LogP contribution < -0.4 is 0 Å². The Bertz CT molecular complexity index is 528. The van der Waals surface area contributed by atoms with Crippen LogP contribution in [0.15, 0.2) is 17.4 Å². The Labute approximate surface area is 97.3 Å². The van der Waals surface area contributed by atoms with Gasteiger partial charge in [0.05, 0.1) is 5.56 Å². The molecule has 0 saturated heterocycles. The summed E-state index contributed by atoms with van der Waals surface area (Å²) < 4.78 is 0. The summed E-state index contributed by atoms with van der Waals surface area (Å²) in [6.45, 7) is 0.329. The Morgan fingerprint density at radius 3 is 3.12 bits per heavy atom. The van der Waals surface area contributed by atoms with Crippen molar-refractivity contribution in [3.8, 4) is 17.9 Å². The van der Waals surface area contributed by atoms with Crippen molar-refractivity contribution in [3.05, 3.63) is 39.0 Å². The van der Waals surface area contributed by atoms with Gasteiger partial charge in [-0.3, -0.25) is 0 Å². The molecule has 1 aromatic rings. The van der Waals surface area contributed by atoms with E-state index in [1.807, 2.05) is 6.07 Å². The van der Waals surface area contributed by atoms with Crippen LogP contribution >= 0.6 is 11.6 Å². The number of rotatable bonds is 2. The van der Waals surface area contributed by atoms with Crippen LogP contribution in [-0.4, -0.2) is 11.5 Å². The van der Waals surface area contributed by atoms with Crippen molar-refractivity contribution in [2.45, 2.75) is 6.42 Å². The zero-order valence-electron chi connectivity index (χ0n) is 8.18. The zero-order valence-corrected chi connectivity index (χ0v) is 8.94. The van der Waals surface area contributed by atoms with Gasteiger partial charge in [0, 0.05) is 29.6 Å². The van der Waals surface area contributed by atoms with E-state index in [4.69, 9.17) is 22.4 Å². The number of aromatic nitrogens is 1. The van der Waals surface area contributed by atoms with Crippen LogP contribution in [0.3, 0.4) is 0 Å². The summed E-state index contributed by atoms with van der Waals surface area (Å²) in [6.07, 6.45) is 1.96. The Hall–Kier alpha value is -2.20. The fourth-order valence-corrected chi connectivity index (χ4v) is 1.06. The third kappa shape index (κ3) is 3.51. The van der Waals surface area contributed by atoms with Crippen LogP contribution in [0, 0.1) is 23.2 Å². The average Bonchev–Trinajstić information content (AvgIpc) is 2.31. The smallest absolute Gasteiger partial charge is 0.146 e. The largest absolute Gasteiger partial charge is 0.242 e. The molecule has 0 amide bonds. The van der Waals surface area contributed by atoms with Gasteiger partial charge in [0.1, 0.15) is 11.2 Å². The van der Waals surface area contributed by atoms with Gasteiger partial charge in [-0.1, -0.05) is 28.6 Å². The summed E-state index contributed by atoms with van der Waals surface area (Å²) in [5, 5.41) is 12.2. The van der Waals surface area contributed by atoms with Gasteiger partial charge in [-0.05, 0) is 11.6 Å². The third-order valence-electron chi connectivity index (χ3n) is 1.59. The van der Waals surface area contributed by atoms with Crippen LogP contribution in [0.5, 0.6) is 0 Å². The van der Waals surface area contributed by atoms with Crippen LogP contribution in [0.25, 0.3) is 10.4 Å². The summed E-state index contributed by atoms with van der Waals surface area (Å²) in [5.41, 5.74) is 8.94. The summed E-state index contributed by atoms with van der Waals surface area (Å²) in [6, 6.07) is 3.48. The molecule has 0 aliphatic carbocycles. The van der Waals surface area contributed by atoms with Crippen molar-refractivity contribution in [1.29, 1.82) is 5.26 Å². The number of halogens is 1. The van der Waals surface area contributed by atoms with Gasteiger partial charge >= 0.3 is 0 Å². The lowest BCUT2D eigenvalue weighted by Gasteiger charge is -1.93. The van der Waals surface area contributed by atoms with Crippen molar-refractivity contribution in [1.82, 2.24) is 4.98 Å². The zero-order chi connectivity index (χ0) is 11.8. The molecule has 6 heteroatoms. The molecule has 1 heterocycles. The van der Waals surface area contributed by atoms with Gasteiger partial charge < -0.3 is 0 Å². The van der Waals surface area contributed by atoms with Gasteiger partial charge in [0.25, 0.3) is 0 Å². The van der Waals surface area contributed by atoms with Crippen LogP contribution in [-0.2, 0) is 0 Å². The molecule has 78 valence electrons. The first-order valence-electron chi connectivity index (χ1n) is 4.33. The van der Waals surface area contributed by atoms with Crippen molar-refractivity contribution in [3.63, 3.8) is 0 Å². The molecule has 1 rings (SSSR count). The monoisotopic (exact) mass is 231 g/mol. The van der Waals surface area contributed by atoms with Crippen molar-refractivity contribution in [2.24, 2.45) is 5.11 Å². The molecule has 0 bridgehead atoms. The normalized spacial score (nSPS) is 8.25. The van der Waals surface area contributed by atoms with Gasteiger partial charge in [-0.2, -0.15) is 5.26 Å². The van der Waals surface area contributed by atoms with E-state index in [1.165, 1.54) is 6.20 Å². The molecular formula is C10H6ClN5. The molecule has 0 saturated carbocycles. The second kappa shape index (κ2) is 6.31. The summed E-state index contributed by atoms with van der Waals surface area (Å²) in [4.78, 5) is 6.43. The number of nitriles is 1. The molecule has 0 unspecified atom stereocenters. The fraction of sp³-hybridized carbons (Fsp3) is 0.200. The van der Waals surface area contributed by atoms with E-state index in [2.05, 4.69) is 26.9 Å². The first-order valence-corrected chi connectivity index (χ1v) is 4.71. The Kier molecular flexibility index (Phi) is 4.69. The van der Waals surface area contributed by atoms with Crippen LogP contribution in [0.2, 0.25) is 5.15 Å². The predicted molar refractivity (Wildman–Crippen MR) is 59.5 cm³/mol. The fourth-order valence-electron chi connectivity index (χ4n) is 0.910. The molecule has 0 spiro atoms. The maximum Gasteiger partial charge on any atom is 0.146 e. The lowest BCUT2D eigenvalue weighted by Crippen LogP contribution is -1.85. The second-order valence-corrected chi connectivity index (χ2v) is 3.04. The first kappa shape index (κ1) is 11.9. The maximum absolute atomic E-state index is 8.71. The van der Waals surface area contributed by atoms with E-state index in [9.17, 15) is 0 Å². The molecule has 16 heavy (non-hydrogen) atoms. The summed E-state index contributed by atoms with van der Waals surface area (Å²) >= 11 is 5.66. The van der Waals surface area contributed by atoms with E-state index in [0.29, 0.717) is 24.1 Å². The number of hydrogen-bond acceptors (Lipinski definition) is 3. The van der Waals surface area contributed by atoms with Crippen molar-refractivity contribution in [2.75, 3.05) is 6.54 Å². The third-order valence-corrected chi connectivity index (χ3v) is 1.89. The highest BCUT2D eigenvalue weighted by Gasteiger charge is 2.00. The van der Waals surface area contributed by atoms with Crippen molar-refractivity contribution < 1.29 is 0 Å². The van der Waals surface area contributed by atoms with Gasteiger partial charge in [-0.15, -0.1) is 0 Å². The van der Waals surface area contributed by atoms with E-state index in [0.717, 1.165) is 0 Å². The minimum atomic E-state index is 0.169. The molecule has 5 nitrogen and oxygen atoms in total. The topological polar surface area (TPSA) is 85.4 Å². The maximum atomic E-state index is 8.71. The lowest BCUT2D eigenvalue weighted by atomic mass is 10.2. The van der Waals surface area contributed by atoms with E-state index < -0.39 is 0 Å². The number of azide groups is 1. The van der Waals surface area contributed by atoms with E-state index in [-0.39, 0.29) is 5.15 Å². The predicted octanol–water partition coefficient (Wildman–Crippen LogP) is 2.66. The second-order valence-electron chi connectivity index (χ2n) is 2.68. The molecule has 0 N–H and O–H groups in total. The molecule has 0 radical (unpaired) electrons. The van der Waals surface area contributed by atoms with E-state index in [1.54, 1.807) is 6.07 Å². The highest BCUT2D eigenvalue weighted by atomic mass is 35.5. The van der Waals surface area contributed by atoms with Gasteiger partial charge in [0.15, 0.2) is 0 Å². The van der Waals surface area contributed by atoms with Gasteiger partial charge in [0.2, 0.25) is 0 Å². The van der Waals surface area contributed by atoms with Crippen LogP contribution in [0.4, 0.5) is 0 Å². The van der Waals surface area contributed by atoms with Crippen LogP contribution in [0.1, 0.15) is 17.5 Å². The minimum absolute atomic E-state index is 0.169. The molecule has 0 aliphatic heterocycles. The Morgan fingerprint density at radius 2 is 2.44 bits per heavy atom. The summed E-state index contributed by atoms with van der Waals surface area (Å²) in [7, 11) is 0. The molecule has 0 aromatic carbocycles.